The van der Waals surface area contributed by atoms with Gasteiger partial charge in [-0.05, 0) is 32.9 Å². The van der Waals surface area contributed by atoms with Crippen molar-refractivity contribution < 1.29 is 27.9 Å². The number of halogens is 3. The van der Waals surface area contributed by atoms with Crippen LogP contribution in [-0.2, 0) is 13.1 Å². The number of carbonyl (C=O) groups excluding carboxylic acids is 2. The molecule has 0 radical (unpaired) electrons. The summed E-state index contributed by atoms with van der Waals surface area (Å²) in [4.78, 5) is 39.1. The van der Waals surface area contributed by atoms with E-state index in [1.54, 1.807) is 0 Å². The van der Waals surface area contributed by atoms with Gasteiger partial charge in [-0.1, -0.05) is 13.3 Å². The Hall–Kier alpha value is -3.14. The number of aromatic hydroxyl groups is 1. The number of aldehydes is 1. The van der Waals surface area contributed by atoms with Gasteiger partial charge in [0.2, 0.25) is 5.43 Å². The summed E-state index contributed by atoms with van der Waals surface area (Å²) in [6.45, 7) is 2.50. The summed E-state index contributed by atoms with van der Waals surface area (Å²) in [6, 6.07) is 0.959. The van der Waals surface area contributed by atoms with Crippen LogP contribution in [0, 0.1) is 17.5 Å². The third-order valence-electron chi connectivity index (χ3n) is 6.31. The van der Waals surface area contributed by atoms with Gasteiger partial charge in [0, 0.05) is 42.5 Å². The summed E-state index contributed by atoms with van der Waals surface area (Å²) in [5.41, 5.74) is -2.69. The number of amides is 1. The molecule has 0 spiro atoms. The highest BCUT2D eigenvalue weighted by Crippen LogP contribution is 2.34. The lowest BCUT2D eigenvalue weighted by molar-refractivity contribution is 0.0943. The second-order valence-electron chi connectivity index (χ2n) is 8.38. The van der Waals surface area contributed by atoms with E-state index in [9.17, 15) is 32.7 Å². The molecule has 33 heavy (non-hydrogen) atoms. The summed E-state index contributed by atoms with van der Waals surface area (Å²) < 4.78 is 42.2. The van der Waals surface area contributed by atoms with E-state index in [4.69, 9.17) is 0 Å². The number of likely N-dealkylation sites (tertiary alicyclic amines) is 1. The van der Waals surface area contributed by atoms with Crippen LogP contribution in [0.3, 0.4) is 0 Å². The van der Waals surface area contributed by atoms with Crippen molar-refractivity contribution >= 4 is 12.2 Å². The minimum absolute atomic E-state index is 0.247. The molecule has 178 valence electrons. The van der Waals surface area contributed by atoms with Gasteiger partial charge in [0.25, 0.3) is 5.91 Å². The molecule has 1 unspecified atom stereocenters. The van der Waals surface area contributed by atoms with E-state index in [2.05, 4.69) is 10.2 Å². The van der Waals surface area contributed by atoms with Crippen LogP contribution >= 0.6 is 0 Å². The van der Waals surface area contributed by atoms with E-state index in [0.717, 1.165) is 32.2 Å². The fourth-order valence-electron chi connectivity index (χ4n) is 4.54. The van der Waals surface area contributed by atoms with Crippen molar-refractivity contribution in [2.45, 2.75) is 51.2 Å². The number of likely N-dealkylation sites (N-methyl/N-ethyl adjacent to an activating group) is 1. The fraction of sp³-hybridized carbons (Fsp3) is 0.435. The van der Waals surface area contributed by atoms with Gasteiger partial charge in [-0.15, -0.1) is 0 Å². The lowest BCUT2D eigenvalue weighted by atomic mass is 9.90. The average molecular weight is 465 g/mol. The first-order valence-electron chi connectivity index (χ1n) is 10.7. The molecular weight excluding hydrogens is 439 g/mol. The number of pyridine rings is 1. The highest BCUT2D eigenvalue weighted by Gasteiger charge is 2.38. The number of benzene rings is 1. The number of nitrogens with one attached hydrogen (secondary N) is 1. The molecular formula is C23H26F3N3O4. The molecule has 3 rings (SSSR count). The lowest BCUT2D eigenvalue weighted by Crippen LogP contribution is -2.45. The van der Waals surface area contributed by atoms with Gasteiger partial charge in [0.05, 0.1) is 0 Å². The highest BCUT2D eigenvalue weighted by molar-refractivity contribution is 5.95. The molecule has 1 atom stereocenters. The van der Waals surface area contributed by atoms with E-state index in [1.165, 1.54) is 10.8 Å². The largest absolute Gasteiger partial charge is 0.503 e. The van der Waals surface area contributed by atoms with Gasteiger partial charge in [-0.25, -0.2) is 13.2 Å². The molecule has 1 amide bonds. The van der Waals surface area contributed by atoms with Crippen molar-refractivity contribution in [1.29, 1.82) is 0 Å². The van der Waals surface area contributed by atoms with Crippen molar-refractivity contribution in [1.82, 2.24) is 14.8 Å². The van der Waals surface area contributed by atoms with E-state index in [0.29, 0.717) is 18.4 Å². The number of nitrogens with zero attached hydrogens (tertiary/aromatic N) is 2. The molecule has 0 bridgehead atoms. The first-order chi connectivity index (χ1) is 15.6. The molecule has 1 aromatic heterocycles. The quantitative estimate of drug-likeness (QED) is 0.585. The third kappa shape index (κ3) is 4.80. The van der Waals surface area contributed by atoms with Gasteiger partial charge < -0.3 is 15.0 Å². The van der Waals surface area contributed by atoms with Crippen LogP contribution in [0.5, 0.6) is 5.75 Å². The Morgan fingerprint density at radius 3 is 2.48 bits per heavy atom. The molecule has 2 N–H and O–H groups in total. The highest BCUT2D eigenvalue weighted by atomic mass is 19.1. The number of hydrogen-bond donors (Lipinski definition) is 2. The predicted molar refractivity (Wildman–Crippen MR) is 115 cm³/mol. The SMILES string of the molecule is CCCC1(Cn2cc(C(=O)NCc3c(F)cc(F)cc3F)c(=O)c(O)c2C=O)CCCN1C. The van der Waals surface area contributed by atoms with Gasteiger partial charge >= 0.3 is 0 Å². The van der Waals surface area contributed by atoms with Crippen LogP contribution in [0.25, 0.3) is 0 Å². The summed E-state index contributed by atoms with van der Waals surface area (Å²) in [7, 11) is 1.96. The Bertz CT molecular complexity index is 1110. The maximum Gasteiger partial charge on any atom is 0.257 e. The molecule has 1 aromatic carbocycles. The van der Waals surface area contributed by atoms with E-state index >= 15 is 0 Å². The summed E-state index contributed by atoms with van der Waals surface area (Å²) in [5, 5.41) is 12.6. The van der Waals surface area contributed by atoms with Gasteiger partial charge in [0.1, 0.15) is 28.7 Å². The topological polar surface area (TPSA) is 91.6 Å². The predicted octanol–water partition coefficient (Wildman–Crippen LogP) is 2.98. The second kappa shape index (κ2) is 9.78. The van der Waals surface area contributed by atoms with Crippen LogP contribution in [0.15, 0.2) is 23.1 Å². The molecule has 2 aromatic rings. The molecule has 0 saturated carbocycles. The van der Waals surface area contributed by atoms with E-state index in [1.807, 2.05) is 14.0 Å². The maximum absolute atomic E-state index is 13.9. The Labute approximate surface area is 188 Å². The maximum atomic E-state index is 13.9. The standard InChI is InChI=1S/C23H26F3N3O4/c1-3-5-23(6-4-7-28(23)2)13-29-11-16(20(31)21(32)19(29)12-30)22(33)27-10-15-17(25)8-14(24)9-18(15)26/h8-9,11-12,32H,3-7,10,13H2,1-2H3,(H,27,33). The zero-order valence-electron chi connectivity index (χ0n) is 18.5. The van der Waals surface area contributed by atoms with Crippen molar-refractivity contribution in [3.63, 3.8) is 0 Å². The van der Waals surface area contributed by atoms with Crippen LogP contribution in [0.2, 0.25) is 0 Å². The zero-order valence-corrected chi connectivity index (χ0v) is 18.5. The molecule has 0 aliphatic carbocycles. The van der Waals surface area contributed by atoms with Gasteiger partial charge in [-0.2, -0.15) is 0 Å². The number of rotatable bonds is 8. The summed E-state index contributed by atoms with van der Waals surface area (Å²) in [5.74, 6) is -5.33. The monoisotopic (exact) mass is 465 g/mol. The number of hydrogen-bond acceptors (Lipinski definition) is 5. The van der Waals surface area contributed by atoms with Gasteiger partial charge in [0.15, 0.2) is 12.0 Å². The zero-order chi connectivity index (χ0) is 24.3. The first kappa shape index (κ1) is 24.5. The Morgan fingerprint density at radius 2 is 1.94 bits per heavy atom. The van der Waals surface area contributed by atoms with Crippen molar-refractivity contribution in [3.8, 4) is 5.75 Å². The van der Waals surface area contributed by atoms with E-state index in [-0.39, 0.29) is 17.8 Å². The van der Waals surface area contributed by atoms with Crippen LogP contribution in [-0.4, -0.2) is 45.9 Å². The molecule has 1 aliphatic rings. The second-order valence-corrected chi connectivity index (χ2v) is 8.38. The molecule has 1 fully saturated rings. The molecule has 2 heterocycles. The minimum Gasteiger partial charge on any atom is -0.503 e. The lowest BCUT2D eigenvalue weighted by Gasteiger charge is -2.37. The fourth-order valence-corrected chi connectivity index (χ4v) is 4.54. The van der Waals surface area contributed by atoms with Crippen LogP contribution in [0.1, 0.15) is 59.0 Å². The smallest absolute Gasteiger partial charge is 0.257 e. The number of carbonyl (C=O) groups is 2. The Kier molecular flexibility index (Phi) is 7.26. The van der Waals surface area contributed by atoms with Crippen LogP contribution in [0.4, 0.5) is 13.2 Å². The number of aromatic nitrogens is 1. The minimum atomic E-state index is -1.19. The molecule has 7 nitrogen and oxygen atoms in total. The Balaban J connectivity index is 1.94. The normalized spacial score (nSPS) is 18.5. The Morgan fingerprint density at radius 1 is 1.27 bits per heavy atom. The van der Waals surface area contributed by atoms with Crippen molar-refractivity contribution in [2.75, 3.05) is 13.6 Å². The van der Waals surface area contributed by atoms with Crippen molar-refractivity contribution in [2.24, 2.45) is 0 Å². The molecule has 1 aliphatic heterocycles. The van der Waals surface area contributed by atoms with Gasteiger partial charge in [-0.3, -0.25) is 19.3 Å². The summed E-state index contributed by atoms with van der Waals surface area (Å²) in [6.07, 6.45) is 5.00. The summed E-state index contributed by atoms with van der Waals surface area (Å²) >= 11 is 0. The molecule has 10 heteroatoms. The molecule has 1 saturated heterocycles. The third-order valence-corrected chi connectivity index (χ3v) is 6.31. The van der Waals surface area contributed by atoms with Crippen molar-refractivity contribution in [3.05, 3.63) is 62.8 Å². The average Bonchev–Trinajstić information content (AvgIpc) is 3.09. The first-order valence-corrected chi connectivity index (χ1v) is 10.7. The van der Waals surface area contributed by atoms with E-state index < -0.39 is 52.2 Å². The van der Waals surface area contributed by atoms with Crippen LogP contribution < -0.4 is 10.7 Å².